The molecule has 3 aromatic rings. The predicted molar refractivity (Wildman–Crippen MR) is 94.6 cm³/mol. The van der Waals surface area contributed by atoms with Crippen molar-refractivity contribution in [3.05, 3.63) is 76.0 Å². The Morgan fingerprint density at radius 2 is 1.65 bits per heavy atom. The van der Waals surface area contributed by atoms with Crippen molar-refractivity contribution < 1.29 is 4.79 Å². The minimum atomic E-state index is -0.264. The van der Waals surface area contributed by atoms with Crippen molar-refractivity contribution in [2.75, 3.05) is 5.32 Å². The van der Waals surface area contributed by atoms with Gasteiger partial charge in [0.15, 0.2) is 5.82 Å². The van der Waals surface area contributed by atoms with Gasteiger partial charge in [0.1, 0.15) is 0 Å². The Morgan fingerprint density at radius 3 is 2.30 bits per heavy atom. The van der Waals surface area contributed by atoms with Crippen molar-refractivity contribution in [3.63, 3.8) is 0 Å². The van der Waals surface area contributed by atoms with Gasteiger partial charge in [-0.25, -0.2) is 9.97 Å². The molecule has 1 heterocycles. The predicted octanol–water partition coefficient (Wildman–Crippen LogP) is 4.81. The van der Waals surface area contributed by atoms with Crippen molar-refractivity contribution in [3.8, 4) is 11.4 Å². The number of nitrogens with zero attached hydrogens (tertiary/aromatic N) is 2. The molecule has 0 aliphatic heterocycles. The quantitative estimate of drug-likeness (QED) is 0.700. The molecule has 0 saturated carbocycles. The molecule has 0 bridgehead atoms. The summed E-state index contributed by atoms with van der Waals surface area (Å²) in [5.74, 6) is 0.277. The lowest BCUT2D eigenvalue weighted by atomic mass is 10.2. The van der Waals surface area contributed by atoms with Crippen molar-refractivity contribution >= 4 is 39.1 Å². The van der Waals surface area contributed by atoms with Gasteiger partial charge in [-0.15, -0.1) is 0 Å². The van der Waals surface area contributed by atoms with Crippen LogP contribution in [0.4, 0.5) is 5.69 Å². The highest BCUT2D eigenvalue weighted by Crippen LogP contribution is 2.22. The number of carbonyl (C=O) groups is 1. The number of amides is 1. The van der Waals surface area contributed by atoms with Crippen LogP contribution < -0.4 is 5.32 Å². The highest BCUT2D eigenvalue weighted by atomic mass is 79.9. The van der Waals surface area contributed by atoms with E-state index in [-0.39, 0.29) is 5.91 Å². The Balaban J connectivity index is 1.78. The van der Waals surface area contributed by atoms with Gasteiger partial charge in [-0.05, 0) is 52.3 Å². The number of aromatic nitrogens is 2. The molecular weight excluding hydrogens is 378 g/mol. The van der Waals surface area contributed by atoms with Gasteiger partial charge in [-0.2, -0.15) is 0 Å². The number of nitrogens with one attached hydrogen (secondary N) is 1. The fourth-order valence-corrected chi connectivity index (χ4v) is 2.46. The summed E-state index contributed by atoms with van der Waals surface area (Å²) in [7, 11) is 0. The van der Waals surface area contributed by atoms with Crippen molar-refractivity contribution in [2.24, 2.45) is 0 Å². The third-order valence-electron chi connectivity index (χ3n) is 3.14. The largest absolute Gasteiger partial charge is 0.321 e. The molecule has 2 aromatic carbocycles. The molecule has 114 valence electrons. The minimum absolute atomic E-state index is 0.264. The first kappa shape index (κ1) is 15.6. The van der Waals surface area contributed by atoms with E-state index in [1.54, 1.807) is 12.1 Å². The highest BCUT2D eigenvalue weighted by Gasteiger charge is 2.10. The van der Waals surface area contributed by atoms with Crippen LogP contribution >= 0.6 is 27.5 Å². The van der Waals surface area contributed by atoms with Crippen LogP contribution in [0.15, 0.2) is 65.4 Å². The maximum Gasteiger partial charge on any atom is 0.258 e. The standard InChI is InChI=1S/C17H11BrClN3O/c18-14-3-1-2-4-15(14)22-17(23)12-9-20-16(21-10-12)11-5-7-13(19)8-6-11/h1-10H,(H,22,23). The normalized spacial score (nSPS) is 10.3. The zero-order valence-corrected chi connectivity index (χ0v) is 14.2. The number of rotatable bonds is 3. The lowest BCUT2D eigenvalue weighted by molar-refractivity contribution is 0.102. The minimum Gasteiger partial charge on any atom is -0.321 e. The van der Waals surface area contributed by atoms with Crippen molar-refractivity contribution in [1.82, 2.24) is 9.97 Å². The van der Waals surface area contributed by atoms with Crippen LogP contribution in [-0.2, 0) is 0 Å². The molecule has 1 N–H and O–H groups in total. The number of carbonyl (C=O) groups excluding carboxylic acids is 1. The monoisotopic (exact) mass is 387 g/mol. The summed E-state index contributed by atoms with van der Waals surface area (Å²) in [4.78, 5) is 20.7. The van der Waals surface area contributed by atoms with E-state index in [0.717, 1.165) is 10.0 Å². The summed E-state index contributed by atoms with van der Waals surface area (Å²) < 4.78 is 0.812. The lowest BCUT2D eigenvalue weighted by Crippen LogP contribution is -2.13. The summed E-state index contributed by atoms with van der Waals surface area (Å²) in [5.41, 5.74) is 1.92. The number of halogens is 2. The summed E-state index contributed by atoms with van der Waals surface area (Å²) >= 11 is 9.25. The number of para-hydroxylation sites is 1. The zero-order valence-electron chi connectivity index (χ0n) is 11.8. The van der Waals surface area contributed by atoms with Gasteiger partial charge in [-0.3, -0.25) is 4.79 Å². The Kier molecular flexibility index (Phi) is 4.69. The van der Waals surface area contributed by atoms with E-state index in [1.807, 2.05) is 36.4 Å². The lowest BCUT2D eigenvalue weighted by Gasteiger charge is -2.07. The Morgan fingerprint density at radius 1 is 1.00 bits per heavy atom. The number of hydrogen-bond donors (Lipinski definition) is 1. The molecule has 1 aromatic heterocycles. The fraction of sp³-hybridized carbons (Fsp3) is 0. The van der Waals surface area contributed by atoms with E-state index >= 15 is 0 Å². The summed E-state index contributed by atoms with van der Waals surface area (Å²) in [6.07, 6.45) is 3.01. The molecule has 23 heavy (non-hydrogen) atoms. The van der Waals surface area contributed by atoms with Crippen LogP contribution in [0.5, 0.6) is 0 Å². The van der Waals surface area contributed by atoms with E-state index in [2.05, 4.69) is 31.2 Å². The van der Waals surface area contributed by atoms with Crippen LogP contribution in [0.25, 0.3) is 11.4 Å². The molecule has 0 saturated heterocycles. The molecule has 0 spiro atoms. The number of benzene rings is 2. The maximum absolute atomic E-state index is 12.2. The molecule has 6 heteroatoms. The molecule has 0 radical (unpaired) electrons. The van der Waals surface area contributed by atoms with Crippen LogP contribution in [0.2, 0.25) is 5.02 Å². The van der Waals surface area contributed by atoms with Crippen LogP contribution in [0, 0.1) is 0 Å². The van der Waals surface area contributed by atoms with Gasteiger partial charge in [0.25, 0.3) is 5.91 Å². The van der Waals surface area contributed by atoms with Crippen LogP contribution in [0.1, 0.15) is 10.4 Å². The summed E-state index contributed by atoms with van der Waals surface area (Å²) in [5, 5.41) is 3.46. The van der Waals surface area contributed by atoms with E-state index in [9.17, 15) is 4.79 Å². The molecule has 0 aliphatic carbocycles. The first-order chi connectivity index (χ1) is 11.1. The van der Waals surface area contributed by atoms with E-state index in [0.29, 0.717) is 22.1 Å². The van der Waals surface area contributed by atoms with Gasteiger partial charge < -0.3 is 5.32 Å². The summed E-state index contributed by atoms with van der Waals surface area (Å²) in [6, 6.07) is 14.6. The van der Waals surface area contributed by atoms with E-state index < -0.39 is 0 Å². The second-order valence-electron chi connectivity index (χ2n) is 4.74. The zero-order chi connectivity index (χ0) is 16.2. The molecule has 0 fully saturated rings. The molecule has 3 rings (SSSR count). The van der Waals surface area contributed by atoms with Crippen LogP contribution in [0.3, 0.4) is 0 Å². The van der Waals surface area contributed by atoms with Gasteiger partial charge in [0, 0.05) is 27.5 Å². The third kappa shape index (κ3) is 3.75. The second kappa shape index (κ2) is 6.89. The molecular formula is C17H11BrClN3O. The maximum atomic E-state index is 12.2. The van der Waals surface area contributed by atoms with Gasteiger partial charge >= 0.3 is 0 Å². The average Bonchev–Trinajstić information content (AvgIpc) is 2.58. The first-order valence-electron chi connectivity index (χ1n) is 6.77. The Hall–Kier alpha value is -2.24. The molecule has 0 aliphatic rings. The van der Waals surface area contributed by atoms with E-state index in [1.165, 1.54) is 12.4 Å². The van der Waals surface area contributed by atoms with Crippen molar-refractivity contribution in [2.45, 2.75) is 0 Å². The van der Waals surface area contributed by atoms with Gasteiger partial charge in [-0.1, -0.05) is 23.7 Å². The summed E-state index contributed by atoms with van der Waals surface area (Å²) in [6.45, 7) is 0. The number of anilines is 1. The molecule has 1 amide bonds. The second-order valence-corrected chi connectivity index (χ2v) is 6.03. The molecule has 0 atom stereocenters. The van der Waals surface area contributed by atoms with E-state index in [4.69, 9.17) is 11.6 Å². The Labute approximate surface area is 146 Å². The smallest absolute Gasteiger partial charge is 0.258 e. The van der Waals surface area contributed by atoms with Crippen LogP contribution in [-0.4, -0.2) is 15.9 Å². The average molecular weight is 389 g/mol. The first-order valence-corrected chi connectivity index (χ1v) is 7.94. The van der Waals surface area contributed by atoms with Gasteiger partial charge in [0.2, 0.25) is 0 Å². The molecule has 4 nitrogen and oxygen atoms in total. The van der Waals surface area contributed by atoms with Crippen molar-refractivity contribution in [1.29, 1.82) is 0 Å². The van der Waals surface area contributed by atoms with Gasteiger partial charge in [0.05, 0.1) is 11.3 Å². The third-order valence-corrected chi connectivity index (χ3v) is 4.08. The Bertz CT molecular complexity index is 835. The topological polar surface area (TPSA) is 54.9 Å². The molecule has 0 unspecified atom stereocenters. The fourth-order valence-electron chi connectivity index (χ4n) is 1.95. The highest BCUT2D eigenvalue weighted by molar-refractivity contribution is 9.10. The number of hydrogen-bond acceptors (Lipinski definition) is 3. The SMILES string of the molecule is O=C(Nc1ccccc1Br)c1cnc(-c2ccc(Cl)cc2)nc1.